The standard InChI is InChI=1S/C23H20P.CH3.Sn/c1-17-10-9-15-21-22(16-18(2)23(17)21)24(19-11-5-3-6-12-19)20-13-7-4-8-14-20;;/h3-15,22H,1-2H3;1H3;. The fraction of sp³-hybridized carbons (Fsp3) is 0.167. The molecular formula is C24H23PSn. The van der Waals surface area contributed by atoms with Gasteiger partial charge in [-0.1, -0.05) is 0 Å². The predicted molar refractivity (Wildman–Crippen MR) is 117 cm³/mol. The quantitative estimate of drug-likeness (QED) is 0.347. The van der Waals surface area contributed by atoms with E-state index in [0.717, 1.165) is 0 Å². The molecule has 26 heavy (non-hydrogen) atoms. The van der Waals surface area contributed by atoms with Crippen molar-refractivity contribution in [3.8, 4) is 0 Å². The van der Waals surface area contributed by atoms with E-state index in [1.54, 1.807) is 14.7 Å². The van der Waals surface area contributed by atoms with Gasteiger partial charge in [0, 0.05) is 0 Å². The van der Waals surface area contributed by atoms with Gasteiger partial charge >= 0.3 is 169 Å². The maximum atomic E-state index is 2.49. The number of aryl methyl sites for hydroxylation is 1. The van der Waals surface area contributed by atoms with E-state index >= 15 is 0 Å². The van der Waals surface area contributed by atoms with Crippen molar-refractivity contribution in [2.24, 2.45) is 0 Å². The Kier molecular flexibility index (Phi) is 5.34. The van der Waals surface area contributed by atoms with Crippen LogP contribution in [0.1, 0.15) is 29.3 Å². The molecule has 2 heteroatoms. The molecule has 0 fully saturated rings. The van der Waals surface area contributed by atoms with Crippen LogP contribution in [-0.4, -0.2) is 21.1 Å². The van der Waals surface area contributed by atoms with Crippen LogP contribution in [0.5, 0.6) is 0 Å². The second kappa shape index (κ2) is 7.70. The van der Waals surface area contributed by atoms with Crippen LogP contribution in [0.4, 0.5) is 0 Å². The van der Waals surface area contributed by atoms with Gasteiger partial charge in [-0.2, -0.15) is 0 Å². The van der Waals surface area contributed by atoms with E-state index in [2.05, 4.69) is 97.6 Å². The van der Waals surface area contributed by atoms with Crippen molar-refractivity contribution in [3.05, 3.63) is 99.1 Å². The van der Waals surface area contributed by atoms with Gasteiger partial charge in [0.05, 0.1) is 0 Å². The van der Waals surface area contributed by atoms with Crippen molar-refractivity contribution in [1.29, 1.82) is 0 Å². The Morgan fingerprint density at radius 3 is 1.85 bits per heavy atom. The van der Waals surface area contributed by atoms with Gasteiger partial charge in [-0.15, -0.1) is 0 Å². The Balaban J connectivity index is 1.96. The molecule has 3 aromatic rings. The zero-order valence-electron chi connectivity index (χ0n) is 15.5. The van der Waals surface area contributed by atoms with Crippen LogP contribution in [0, 0.1) is 6.92 Å². The molecule has 0 nitrogen and oxygen atoms in total. The molecule has 128 valence electrons. The molecule has 0 amide bonds. The normalized spacial score (nSPS) is 16.2. The third kappa shape index (κ3) is 3.08. The molecule has 0 N–H and O–H groups in total. The number of hydrogen-bond acceptors (Lipinski definition) is 0. The third-order valence-corrected chi connectivity index (χ3v) is 12.1. The molecule has 1 aliphatic carbocycles. The summed E-state index contributed by atoms with van der Waals surface area (Å²) in [5, 5.41) is 2.98. The summed E-state index contributed by atoms with van der Waals surface area (Å²) in [5.74, 6) is 0. The SMILES string of the molecule is [CH3][Sn][C]1=C(C)c2c(C)cccc2C1P(c1ccccc1)c1ccccc1. The Labute approximate surface area is 168 Å². The van der Waals surface area contributed by atoms with Gasteiger partial charge in [-0.3, -0.25) is 0 Å². The van der Waals surface area contributed by atoms with Crippen LogP contribution in [0.15, 0.2) is 82.5 Å². The average molecular weight is 461 g/mol. The maximum absolute atomic E-state index is 2.49. The minimum atomic E-state index is -0.545. The molecule has 1 aliphatic rings. The van der Waals surface area contributed by atoms with Crippen LogP contribution in [0.25, 0.3) is 5.57 Å². The van der Waals surface area contributed by atoms with Crippen molar-refractivity contribution in [2.45, 2.75) is 24.4 Å². The van der Waals surface area contributed by atoms with Crippen LogP contribution in [0.3, 0.4) is 0 Å². The van der Waals surface area contributed by atoms with Crippen molar-refractivity contribution >= 4 is 45.2 Å². The van der Waals surface area contributed by atoms with Crippen molar-refractivity contribution in [2.75, 3.05) is 0 Å². The summed E-state index contributed by atoms with van der Waals surface area (Å²) in [5.41, 5.74) is 6.68. The summed E-state index contributed by atoms with van der Waals surface area (Å²) in [4.78, 5) is 2.49. The third-order valence-electron chi connectivity index (χ3n) is 5.25. The van der Waals surface area contributed by atoms with E-state index in [1.807, 2.05) is 0 Å². The van der Waals surface area contributed by atoms with E-state index < -0.39 is 29.1 Å². The average Bonchev–Trinajstić information content (AvgIpc) is 2.97. The first-order valence-corrected chi connectivity index (χ1v) is 14.8. The first-order chi connectivity index (χ1) is 12.7. The molecule has 0 saturated carbocycles. The Morgan fingerprint density at radius 1 is 0.731 bits per heavy atom. The molecule has 0 heterocycles. The summed E-state index contributed by atoms with van der Waals surface area (Å²) in [6.45, 7) is 4.64. The van der Waals surface area contributed by atoms with Crippen molar-refractivity contribution < 1.29 is 0 Å². The molecule has 0 aliphatic heterocycles. The van der Waals surface area contributed by atoms with Gasteiger partial charge in [0.25, 0.3) is 0 Å². The first kappa shape index (κ1) is 18.0. The van der Waals surface area contributed by atoms with Gasteiger partial charge in [0.15, 0.2) is 0 Å². The predicted octanol–water partition coefficient (Wildman–Crippen LogP) is 5.67. The molecule has 2 radical (unpaired) electrons. The summed E-state index contributed by atoms with van der Waals surface area (Å²) < 4.78 is 1.79. The van der Waals surface area contributed by atoms with Crippen LogP contribution < -0.4 is 10.6 Å². The number of hydrogen-bond donors (Lipinski definition) is 0. The Hall–Kier alpha value is -1.37. The summed E-state index contributed by atoms with van der Waals surface area (Å²) >= 11 is -0.545. The summed E-state index contributed by atoms with van der Waals surface area (Å²) in [7, 11) is -0.438. The molecule has 1 atom stereocenters. The van der Waals surface area contributed by atoms with Gasteiger partial charge in [-0.05, 0) is 0 Å². The second-order valence-corrected chi connectivity index (χ2v) is 12.0. The molecule has 0 bridgehead atoms. The zero-order chi connectivity index (χ0) is 18.1. The number of rotatable bonds is 4. The minimum absolute atomic E-state index is 0.438. The van der Waals surface area contributed by atoms with Crippen LogP contribution in [0.2, 0.25) is 4.94 Å². The first-order valence-electron chi connectivity index (χ1n) is 9.10. The van der Waals surface area contributed by atoms with E-state index in [-0.39, 0.29) is 0 Å². The van der Waals surface area contributed by atoms with E-state index in [4.69, 9.17) is 0 Å². The number of benzene rings is 3. The fourth-order valence-corrected chi connectivity index (χ4v) is 11.6. The van der Waals surface area contributed by atoms with Crippen molar-refractivity contribution in [3.63, 3.8) is 0 Å². The topological polar surface area (TPSA) is 0 Å². The molecule has 3 aromatic carbocycles. The van der Waals surface area contributed by atoms with Gasteiger partial charge in [0.2, 0.25) is 0 Å². The van der Waals surface area contributed by atoms with E-state index in [0.29, 0.717) is 5.66 Å². The van der Waals surface area contributed by atoms with E-state index in [1.165, 1.54) is 21.7 Å². The molecule has 4 rings (SSSR count). The van der Waals surface area contributed by atoms with Gasteiger partial charge in [0.1, 0.15) is 0 Å². The zero-order valence-corrected chi connectivity index (χ0v) is 19.3. The monoisotopic (exact) mass is 462 g/mol. The van der Waals surface area contributed by atoms with Gasteiger partial charge in [-0.25, -0.2) is 0 Å². The van der Waals surface area contributed by atoms with Crippen molar-refractivity contribution in [1.82, 2.24) is 0 Å². The Morgan fingerprint density at radius 2 is 1.31 bits per heavy atom. The second-order valence-electron chi connectivity index (χ2n) is 6.77. The number of fused-ring (bicyclic) bond motifs is 1. The van der Waals surface area contributed by atoms with Crippen LogP contribution in [-0.2, 0) is 0 Å². The summed E-state index contributed by atoms with van der Waals surface area (Å²) in [6.07, 6.45) is 0. The molecule has 1 unspecified atom stereocenters. The molecule has 0 spiro atoms. The number of allylic oxidation sites excluding steroid dienone is 2. The Bertz CT molecular complexity index is 905. The van der Waals surface area contributed by atoms with Crippen LogP contribution >= 0.6 is 7.92 Å². The molecular weight excluding hydrogens is 438 g/mol. The van der Waals surface area contributed by atoms with E-state index in [9.17, 15) is 0 Å². The fourth-order valence-electron chi connectivity index (χ4n) is 4.14. The summed E-state index contributed by atoms with van der Waals surface area (Å²) in [6, 6.07) is 29.3. The molecule has 0 aromatic heterocycles. The van der Waals surface area contributed by atoms with Gasteiger partial charge < -0.3 is 0 Å². The molecule has 0 saturated heterocycles.